The second-order valence-corrected chi connectivity index (χ2v) is 2.44. The average Bonchev–Trinajstić information content (AvgIpc) is 1.99. The third kappa shape index (κ3) is 4.38. The molecule has 0 spiro atoms. The van der Waals surface area contributed by atoms with E-state index in [2.05, 4.69) is 16.2 Å². The van der Waals surface area contributed by atoms with E-state index in [1.165, 1.54) is 4.90 Å². The molecule has 0 aliphatic heterocycles. The van der Waals surface area contributed by atoms with Crippen molar-refractivity contribution in [2.75, 3.05) is 21.1 Å². The van der Waals surface area contributed by atoms with E-state index < -0.39 is 0 Å². The summed E-state index contributed by atoms with van der Waals surface area (Å²) in [6.45, 7) is 0. The summed E-state index contributed by atoms with van der Waals surface area (Å²) >= 11 is 4.70. The van der Waals surface area contributed by atoms with Crippen LogP contribution in [-0.2, 0) is 0 Å². The molecule has 3 N–H and O–H groups in total. The minimum atomic E-state index is -0.248. The Morgan fingerprint density at radius 3 is 2.27 bits per heavy atom. The van der Waals surface area contributed by atoms with Crippen LogP contribution < -0.4 is 16.2 Å². The van der Waals surface area contributed by atoms with Crippen LogP contribution >= 0.6 is 12.2 Å². The summed E-state index contributed by atoms with van der Waals surface area (Å²) in [7, 11) is 4.94. The molecular weight excluding hydrogens is 164 g/mol. The summed E-state index contributed by atoms with van der Waals surface area (Å²) in [6.07, 6.45) is 0. The highest BCUT2D eigenvalue weighted by Gasteiger charge is 2.00. The number of urea groups is 1. The van der Waals surface area contributed by atoms with Gasteiger partial charge in [-0.2, -0.15) is 0 Å². The molecular formula is C5H12N4OS. The second-order valence-electron chi connectivity index (χ2n) is 2.03. The van der Waals surface area contributed by atoms with Gasteiger partial charge in [-0.1, -0.05) is 0 Å². The van der Waals surface area contributed by atoms with Gasteiger partial charge in [-0.3, -0.25) is 5.43 Å². The Morgan fingerprint density at radius 1 is 1.36 bits per heavy atom. The predicted octanol–water partition coefficient (Wildman–Crippen LogP) is -0.733. The highest BCUT2D eigenvalue weighted by Crippen LogP contribution is 1.72. The largest absolute Gasteiger partial charge is 0.364 e. The first-order valence-electron chi connectivity index (χ1n) is 3.03. The topological polar surface area (TPSA) is 56.4 Å². The van der Waals surface area contributed by atoms with E-state index in [1.807, 2.05) is 0 Å². The molecule has 64 valence electrons. The Kier molecular flexibility index (Phi) is 4.28. The highest BCUT2D eigenvalue weighted by atomic mass is 32.1. The molecule has 6 heteroatoms. The van der Waals surface area contributed by atoms with Crippen LogP contribution in [0.15, 0.2) is 0 Å². The second kappa shape index (κ2) is 4.73. The van der Waals surface area contributed by atoms with Crippen molar-refractivity contribution in [1.29, 1.82) is 0 Å². The molecule has 0 saturated heterocycles. The number of hydrogen-bond acceptors (Lipinski definition) is 2. The van der Waals surface area contributed by atoms with Gasteiger partial charge in [0.25, 0.3) is 0 Å². The summed E-state index contributed by atoms with van der Waals surface area (Å²) in [5.74, 6) is 0. The van der Waals surface area contributed by atoms with Crippen molar-refractivity contribution in [1.82, 2.24) is 21.1 Å². The normalized spacial score (nSPS) is 8.27. The number of carbonyl (C=O) groups excluding carboxylic acids is 1. The van der Waals surface area contributed by atoms with E-state index in [0.717, 1.165) is 0 Å². The maximum Gasteiger partial charge on any atom is 0.335 e. The standard InChI is InChI=1S/C5H12N4OS/c1-6-4(11)7-8-5(10)9(2)3/h1-3H3,(H,8,10)(H2,6,7,11). The molecule has 2 amide bonds. The zero-order chi connectivity index (χ0) is 8.85. The predicted molar refractivity (Wildman–Crippen MR) is 47.0 cm³/mol. The van der Waals surface area contributed by atoms with Gasteiger partial charge in [0.15, 0.2) is 5.11 Å². The lowest BCUT2D eigenvalue weighted by Crippen LogP contribution is -2.49. The fourth-order valence-corrected chi connectivity index (χ4v) is 0.336. The lowest BCUT2D eigenvalue weighted by atomic mass is 10.8. The molecule has 0 heterocycles. The Labute approximate surface area is 71.1 Å². The number of hydrogen-bond donors (Lipinski definition) is 3. The molecule has 0 unspecified atom stereocenters. The van der Waals surface area contributed by atoms with Crippen LogP contribution in [0.3, 0.4) is 0 Å². The smallest absolute Gasteiger partial charge is 0.335 e. The fraction of sp³-hybridized carbons (Fsp3) is 0.600. The van der Waals surface area contributed by atoms with Gasteiger partial charge in [-0.05, 0) is 12.2 Å². The number of amides is 2. The third-order valence-corrected chi connectivity index (χ3v) is 1.22. The van der Waals surface area contributed by atoms with Crippen molar-refractivity contribution in [3.8, 4) is 0 Å². The Balaban J connectivity index is 3.54. The van der Waals surface area contributed by atoms with Crippen molar-refractivity contribution < 1.29 is 4.79 Å². The molecule has 0 radical (unpaired) electrons. The van der Waals surface area contributed by atoms with Crippen LogP contribution in [-0.4, -0.2) is 37.2 Å². The molecule has 0 aromatic carbocycles. The van der Waals surface area contributed by atoms with Gasteiger partial charge in [-0.25, -0.2) is 10.2 Å². The van der Waals surface area contributed by atoms with E-state index in [0.29, 0.717) is 5.11 Å². The van der Waals surface area contributed by atoms with Gasteiger partial charge in [0.1, 0.15) is 0 Å². The average molecular weight is 176 g/mol. The van der Waals surface area contributed by atoms with Crippen LogP contribution in [0.4, 0.5) is 4.79 Å². The molecule has 0 atom stereocenters. The first-order valence-corrected chi connectivity index (χ1v) is 3.43. The molecule has 0 fully saturated rings. The molecule has 0 saturated carbocycles. The number of thiocarbonyl (C=S) groups is 1. The quantitative estimate of drug-likeness (QED) is 0.336. The molecule has 0 aromatic rings. The van der Waals surface area contributed by atoms with Crippen molar-refractivity contribution in [2.24, 2.45) is 0 Å². The number of rotatable bonds is 0. The van der Waals surface area contributed by atoms with Gasteiger partial charge in [0.05, 0.1) is 0 Å². The van der Waals surface area contributed by atoms with Crippen LogP contribution in [0.25, 0.3) is 0 Å². The van der Waals surface area contributed by atoms with E-state index in [9.17, 15) is 4.79 Å². The zero-order valence-electron chi connectivity index (χ0n) is 6.76. The van der Waals surface area contributed by atoms with Crippen molar-refractivity contribution in [3.05, 3.63) is 0 Å². The third-order valence-electron chi connectivity index (χ3n) is 0.916. The fourth-order valence-electron chi connectivity index (χ4n) is 0.285. The van der Waals surface area contributed by atoms with Crippen LogP contribution in [0.1, 0.15) is 0 Å². The Bertz CT molecular complexity index is 159. The summed E-state index contributed by atoms with van der Waals surface area (Å²) in [5, 5.41) is 3.02. The summed E-state index contributed by atoms with van der Waals surface area (Å²) in [4.78, 5) is 12.2. The maximum absolute atomic E-state index is 10.8. The summed E-state index contributed by atoms with van der Waals surface area (Å²) in [5.41, 5.74) is 4.86. The van der Waals surface area contributed by atoms with Crippen molar-refractivity contribution in [2.45, 2.75) is 0 Å². The number of nitrogens with one attached hydrogen (secondary N) is 3. The van der Waals surface area contributed by atoms with Gasteiger partial charge in [0.2, 0.25) is 0 Å². The van der Waals surface area contributed by atoms with Crippen LogP contribution in [0.2, 0.25) is 0 Å². The molecule has 0 bridgehead atoms. The molecule has 0 aliphatic carbocycles. The van der Waals surface area contributed by atoms with Crippen molar-refractivity contribution >= 4 is 23.4 Å². The monoisotopic (exact) mass is 176 g/mol. The van der Waals surface area contributed by atoms with Gasteiger partial charge < -0.3 is 10.2 Å². The van der Waals surface area contributed by atoms with E-state index in [-0.39, 0.29) is 6.03 Å². The van der Waals surface area contributed by atoms with Crippen LogP contribution in [0, 0.1) is 0 Å². The van der Waals surface area contributed by atoms with Gasteiger partial charge in [0, 0.05) is 21.1 Å². The number of carbonyl (C=O) groups is 1. The van der Waals surface area contributed by atoms with Gasteiger partial charge in [-0.15, -0.1) is 0 Å². The Hall–Kier alpha value is -1.04. The number of hydrazine groups is 1. The molecule has 11 heavy (non-hydrogen) atoms. The van der Waals surface area contributed by atoms with Gasteiger partial charge >= 0.3 is 6.03 Å². The minimum Gasteiger partial charge on any atom is -0.364 e. The molecule has 0 aliphatic rings. The lowest BCUT2D eigenvalue weighted by molar-refractivity contribution is 0.215. The van der Waals surface area contributed by atoms with E-state index in [1.54, 1.807) is 21.1 Å². The first-order chi connectivity index (χ1) is 5.07. The highest BCUT2D eigenvalue weighted by molar-refractivity contribution is 7.80. The summed E-state index contributed by atoms with van der Waals surface area (Å²) in [6, 6.07) is -0.248. The number of nitrogens with zero attached hydrogens (tertiary/aromatic N) is 1. The Morgan fingerprint density at radius 2 is 1.91 bits per heavy atom. The zero-order valence-corrected chi connectivity index (χ0v) is 7.58. The molecule has 0 aromatic heterocycles. The maximum atomic E-state index is 10.8. The van der Waals surface area contributed by atoms with E-state index >= 15 is 0 Å². The first kappa shape index (κ1) is 9.96. The summed E-state index contributed by atoms with van der Waals surface area (Å²) < 4.78 is 0. The lowest BCUT2D eigenvalue weighted by Gasteiger charge is -2.13. The molecule has 0 rings (SSSR count). The SMILES string of the molecule is CNC(=S)NNC(=O)N(C)C. The van der Waals surface area contributed by atoms with Crippen molar-refractivity contribution in [3.63, 3.8) is 0 Å². The minimum absolute atomic E-state index is 0.248. The molecule has 5 nitrogen and oxygen atoms in total. The van der Waals surface area contributed by atoms with E-state index in [4.69, 9.17) is 12.2 Å². The van der Waals surface area contributed by atoms with Crippen LogP contribution in [0.5, 0.6) is 0 Å².